The Kier molecular flexibility index (Phi) is 6.66. The molecule has 0 fully saturated rings. The number of aliphatic hydroxyl groups is 1. The van der Waals surface area contributed by atoms with Gasteiger partial charge in [-0.1, -0.05) is 0 Å². The van der Waals surface area contributed by atoms with E-state index in [2.05, 4.69) is 4.98 Å². The van der Waals surface area contributed by atoms with Gasteiger partial charge < -0.3 is 9.84 Å². The highest BCUT2D eigenvalue weighted by molar-refractivity contribution is 7.92. The Labute approximate surface area is 163 Å². The van der Waals surface area contributed by atoms with Crippen molar-refractivity contribution in [3.05, 3.63) is 48.2 Å². The molecule has 0 bridgehead atoms. The number of carbonyl (C=O) groups excluding carboxylic acids is 1. The van der Waals surface area contributed by atoms with Gasteiger partial charge in [-0.15, -0.1) is 0 Å². The van der Waals surface area contributed by atoms with Crippen molar-refractivity contribution in [2.75, 3.05) is 17.1 Å². The van der Waals surface area contributed by atoms with Gasteiger partial charge in [0.25, 0.3) is 5.91 Å². The van der Waals surface area contributed by atoms with Gasteiger partial charge in [0.15, 0.2) is 6.10 Å². The van der Waals surface area contributed by atoms with Crippen LogP contribution < -0.4 is 14.5 Å². The molecule has 29 heavy (non-hydrogen) atoms. The Morgan fingerprint density at radius 1 is 1.24 bits per heavy atom. The van der Waals surface area contributed by atoms with E-state index in [1.165, 1.54) is 29.7 Å². The average Bonchev–Trinajstić information content (AvgIpc) is 2.65. The molecule has 0 radical (unpaired) electrons. The first kappa shape index (κ1) is 22.4. The van der Waals surface area contributed by atoms with E-state index in [-0.39, 0.29) is 17.3 Å². The molecule has 2 rings (SSSR count). The number of ether oxygens (including phenoxy) is 1. The fraction of sp³-hybridized carbons (Fsp3) is 0.250. The van der Waals surface area contributed by atoms with Crippen LogP contribution in [0.3, 0.4) is 0 Å². The predicted octanol–water partition coefficient (Wildman–Crippen LogP) is 1.52. The van der Waals surface area contributed by atoms with Gasteiger partial charge in [-0.2, -0.15) is 13.2 Å². The van der Waals surface area contributed by atoms with Crippen molar-refractivity contribution in [3.8, 4) is 11.6 Å². The maximum Gasteiger partial charge on any atom is 0.417 e. The molecule has 0 aliphatic heterocycles. The van der Waals surface area contributed by atoms with Crippen LogP contribution in [-0.2, 0) is 21.0 Å². The molecule has 0 saturated heterocycles. The van der Waals surface area contributed by atoms with E-state index in [9.17, 15) is 31.5 Å². The van der Waals surface area contributed by atoms with Gasteiger partial charge >= 0.3 is 6.18 Å². The minimum atomic E-state index is -4.53. The number of alkyl halides is 3. The Balaban J connectivity index is 2.17. The molecule has 9 nitrogen and oxygen atoms in total. The van der Waals surface area contributed by atoms with Crippen LogP contribution in [0.2, 0.25) is 0 Å². The van der Waals surface area contributed by atoms with Crippen molar-refractivity contribution in [1.29, 1.82) is 0 Å². The van der Waals surface area contributed by atoms with Crippen molar-refractivity contribution in [1.82, 2.24) is 10.5 Å². The number of nitrogens with one attached hydrogen (secondary N) is 1. The molecule has 1 amide bonds. The number of carbonyl (C=O) groups is 1. The highest BCUT2D eigenvalue weighted by Crippen LogP contribution is 2.30. The summed E-state index contributed by atoms with van der Waals surface area (Å²) in [7, 11) is -3.89. The summed E-state index contributed by atoms with van der Waals surface area (Å²) < 4.78 is 67.6. The molecule has 0 aliphatic rings. The lowest BCUT2D eigenvalue weighted by molar-refractivity contribution is -0.138. The largest absolute Gasteiger partial charge is 0.439 e. The van der Waals surface area contributed by atoms with Crippen molar-refractivity contribution < 1.29 is 41.4 Å². The van der Waals surface area contributed by atoms with Crippen LogP contribution in [0.15, 0.2) is 42.6 Å². The van der Waals surface area contributed by atoms with Gasteiger partial charge in [0.05, 0.1) is 24.1 Å². The summed E-state index contributed by atoms with van der Waals surface area (Å²) in [6, 6.07) is 7.07. The minimum absolute atomic E-state index is 0.0741. The molecule has 2 aromatic rings. The lowest BCUT2D eigenvalue weighted by Crippen LogP contribution is -2.44. The van der Waals surface area contributed by atoms with E-state index in [1.807, 2.05) is 0 Å². The van der Waals surface area contributed by atoms with Crippen molar-refractivity contribution >= 4 is 21.6 Å². The lowest BCUT2D eigenvalue weighted by Gasteiger charge is -2.24. The third-order valence-corrected chi connectivity index (χ3v) is 4.72. The first-order valence-electron chi connectivity index (χ1n) is 7.82. The number of aliphatic hydroxyl groups excluding tert-OH is 1. The number of anilines is 1. The van der Waals surface area contributed by atoms with Crippen molar-refractivity contribution in [3.63, 3.8) is 0 Å². The van der Waals surface area contributed by atoms with E-state index in [0.29, 0.717) is 6.20 Å². The highest BCUT2D eigenvalue weighted by atomic mass is 32.2. The lowest BCUT2D eigenvalue weighted by atomic mass is 10.2. The number of pyridine rings is 1. The molecule has 158 valence electrons. The summed E-state index contributed by atoms with van der Waals surface area (Å²) in [6.45, 7) is -0.661. The number of hydroxylamine groups is 1. The van der Waals surface area contributed by atoms with Crippen LogP contribution in [0.5, 0.6) is 11.6 Å². The Morgan fingerprint density at radius 2 is 1.86 bits per heavy atom. The molecular formula is C16H16F3N3O6S. The minimum Gasteiger partial charge on any atom is -0.439 e. The fourth-order valence-electron chi connectivity index (χ4n) is 2.16. The maximum atomic E-state index is 12.5. The summed E-state index contributed by atoms with van der Waals surface area (Å²) in [6.07, 6.45) is -4.89. The second kappa shape index (κ2) is 8.63. The smallest absolute Gasteiger partial charge is 0.417 e. The molecule has 13 heteroatoms. The van der Waals surface area contributed by atoms with E-state index in [1.54, 1.807) is 0 Å². The van der Waals surface area contributed by atoms with Gasteiger partial charge in [0.1, 0.15) is 5.75 Å². The summed E-state index contributed by atoms with van der Waals surface area (Å²) in [5.74, 6) is -1.14. The summed E-state index contributed by atoms with van der Waals surface area (Å²) in [5, 5.41) is 18.2. The van der Waals surface area contributed by atoms with Gasteiger partial charge in [0.2, 0.25) is 15.9 Å². The fourth-order valence-corrected chi connectivity index (χ4v) is 3.07. The molecule has 1 aromatic carbocycles. The highest BCUT2D eigenvalue weighted by Gasteiger charge is 2.30. The van der Waals surface area contributed by atoms with Crippen LogP contribution >= 0.6 is 0 Å². The van der Waals surface area contributed by atoms with Crippen LogP contribution in [0.1, 0.15) is 5.56 Å². The number of rotatable bonds is 7. The Morgan fingerprint density at radius 3 is 2.31 bits per heavy atom. The Bertz CT molecular complexity index is 949. The van der Waals surface area contributed by atoms with Crippen LogP contribution in [0, 0.1) is 0 Å². The van der Waals surface area contributed by atoms with E-state index in [0.717, 1.165) is 22.7 Å². The molecule has 0 saturated carbocycles. The zero-order valence-electron chi connectivity index (χ0n) is 14.8. The molecule has 3 N–H and O–H groups in total. The van der Waals surface area contributed by atoms with Crippen LogP contribution in [-0.4, -0.2) is 48.5 Å². The normalized spacial score (nSPS) is 12.9. The monoisotopic (exact) mass is 435 g/mol. The molecule has 1 atom stereocenters. The van der Waals surface area contributed by atoms with Crippen molar-refractivity contribution in [2.24, 2.45) is 0 Å². The number of aromatic nitrogens is 1. The molecule has 0 spiro atoms. The second-order valence-electron chi connectivity index (χ2n) is 5.76. The average molecular weight is 435 g/mol. The molecular weight excluding hydrogens is 419 g/mol. The quantitative estimate of drug-likeness (QED) is 0.444. The molecule has 0 aliphatic carbocycles. The molecule has 1 heterocycles. The maximum absolute atomic E-state index is 12.5. The topological polar surface area (TPSA) is 129 Å². The summed E-state index contributed by atoms with van der Waals surface area (Å²) in [5.41, 5.74) is 0.353. The van der Waals surface area contributed by atoms with Crippen LogP contribution in [0.4, 0.5) is 18.9 Å². The second-order valence-corrected chi connectivity index (χ2v) is 7.67. The van der Waals surface area contributed by atoms with E-state index < -0.39 is 40.3 Å². The number of nitrogens with zero attached hydrogens (tertiary/aromatic N) is 2. The summed E-state index contributed by atoms with van der Waals surface area (Å²) in [4.78, 5) is 14.8. The first-order valence-corrected chi connectivity index (χ1v) is 9.67. The standard InChI is InChI=1S/C16H16F3N3O6S/c1-29(26,27)22(9-13(23)15(24)21-25)11-3-5-12(6-4-11)28-14-7-2-10(8-20-14)16(17,18)19/h2-8,13,23,25H,9H2,1H3,(H,21,24). The summed E-state index contributed by atoms with van der Waals surface area (Å²) >= 11 is 0. The van der Waals surface area contributed by atoms with Gasteiger partial charge in [0, 0.05) is 12.3 Å². The third-order valence-electron chi connectivity index (χ3n) is 3.56. The zero-order valence-corrected chi connectivity index (χ0v) is 15.6. The Hall–Kier alpha value is -2.90. The third kappa shape index (κ3) is 6.04. The predicted molar refractivity (Wildman–Crippen MR) is 93.9 cm³/mol. The van der Waals surface area contributed by atoms with Gasteiger partial charge in [-0.25, -0.2) is 18.9 Å². The number of hydrogen-bond acceptors (Lipinski definition) is 7. The van der Waals surface area contributed by atoms with Gasteiger partial charge in [-0.05, 0) is 30.3 Å². The number of hydrogen-bond donors (Lipinski definition) is 3. The van der Waals surface area contributed by atoms with E-state index >= 15 is 0 Å². The van der Waals surface area contributed by atoms with Crippen LogP contribution in [0.25, 0.3) is 0 Å². The SMILES string of the molecule is CS(=O)(=O)N(CC(O)C(=O)NO)c1ccc(Oc2ccc(C(F)(F)F)cn2)cc1. The zero-order chi connectivity index (χ0) is 21.8. The van der Waals surface area contributed by atoms with Crippen molar-refractivity contribution in [2.45, 2.75) is 12.3 Å². The molecule has 1 unspecified atom stereocenters. The number of sulfonamides is 1. The number of halogens is 3. The number of amides is 1. The first-order chi connectivity index (χ1) is 13.4. The van der Waals surface area contributed by atoms with E-state index in [4.69, 9.17) is 9.94 Å². The molecule has 1 aromatic heterocycles. The number of benzene rings is 1. The van der Waals surface area contributed by atoms with Gasteiger partial charge in [-0.3, -0.25) is 14.3 Å².